The summed E-state index contributed by atoms with van der Waals surface area (Å²) < 4.78 is 25.0. The van der Waals surface area contributed by atoms with Crippen LogP contribution in [-0.4, -0.2) is 104 Å². The molecule has 9 atom stereocenters. The highest BCUT2D eigenvalue weighted by Crippen LogP contribution is 2.39. The van der Waals surface area contributed by atoms with Crippen molar-refractivity contribution in [2.24, 2.45) is 17.3 Å². The van der Waals surface area contributed by atoms with Gasteiger partial charge in [0, 0.05) is 31.3 Å². The molecule has 2 heterocycles. The number of carbonyl (C=O) groups excluding carboxylic acids is 2. The molecule has 0 radical (unpaired) electrons. The molecule has 2 aliphatic heterocycles. The van der Waals surface area contributed by atoms with E-state index in [0.29, 0.717) is 25.1 Å². The van der Waals surface area contributed by atoms with Gasteiger partial charge in [-0.25, -0.2) is 0 Å². The van der Waals surface area contributed by atoms with Crippen molar-refractivity contribution in [3.8, 4) is 11.1 Å². The van der Waals surface area contributed by atoms with E-state index in [2.05, 4.69) is 24.0 Å². The van der Waals surface area contributed by atoms with Crippen molar-refractivity contribution in [2.75, 3.05) is 47.1 Å². The Labute approximate surface area is 286 Å². The number of aliphatic hydroxyl groups is 1. The fourth-order valence-electron chi connectivity index (χ4n) is 7.52. The topological polar surface area (TPSA) is 124 Å². The van der Waals surface area contributed by atoms with Gasteiger partial charge < -0.3 is 34.7 Å². The van der Waals surface area contributed by atoms with E-state index in [4.69, 9.17) is 24.7 Å². The molecule has 2 aliphatic rings. The molecule has 2 fully saturated rings. The zero-order valence-electron chi connectivity index (χ0n) is 30.4. The molecule has 10 heteroatoms. The maximum absolute atomic E-state index is 14.3. The van der Waals surface area contributed by atoms with Crippen molar-refractivity contribution in [2.45, 2.75) is 96.7 Å². The second kappa shape index (κ2) is 15.4. The van der Waals surface area contributed by atoms with E-state index >= 15 is 0 Å². The molecule has 3 N–H and O–H groups in total. The number of esters is 1. The molecule has 0 aliphatic carbocycles. The number of aliphatic hydroxyl groups excluding tert-OH is 1. The molecule has 266 valence electrons. The first-order chi connectivity index (χ1) is 22.5. The van der Waals surface area contributed by atoms with Gasteiger partial charge in [0.15, 0.2) is 12.1 Å². The summed E-state index contributed by atoms with van der Waals surface area (Å²) in [5.41, 5.74) is 7.32. The van der Waals surface area contributed by atoms with E-state index < -0.39 is 41.4 Å². The number of nitrogen functional groups attached to an aromatic ring is 1. The smallest absolute Gasteiger partial charge is 0.319 e. The number of carbonyl (C=O) groups is 2. The van der Waals surface area contributed by atoms with Crippen LogP contribution in [-0.2, 0) is 28.5 Å². The largest absolute Gasteiger partial charge is 0.463 e. The number of hydrogen-bond acceptors (Lipinski definition) is 10. The number of ketones is 1. The van der Waals surface area contributed by atoms with Gasteiger partial charge in [0.1, 0.15) is 18.1 Å². The van der Waals surface area contributed by atoms with Gasteiger partial charge >= 0.3 is 5.97 Å². The number of likely N-dealkylation sites (N-methyl/N-ethyl adjacent to an activating group) is 2. The molecule has 0 aromatic heterocycles. The number of cyclic esters (lactones) is 1. The van der Waals surface area contributed by atoms with Gasteiger partial charge in [-0.1, -0.05) is 50.2 Å². The van der Waals surface area contributed by atoms with Crippen LogP contribution < -0.4 is 5.73 Å². The third kappa shape index (κ3) is 8.29. The number of rotatable bonds is 6. The average molecular weight is 668 g/mol. The number of ether oxygens (including phenoxy) is 4. The maximum atomic E-state index is 14.3. The zero-order chi connectivity index (χ0) is 35.6. The van der Waals surface area contributed by atoms with Crippen molar-refractivity contribution in [1.82, 2.24) is 9.80 Å². The molecule has 0 saturated carbocycles. The summed E-state index contributed by atoms with van der Waals surface area (Å²) in [6.45, 7) is 11.7. The Kier molecular flexibility index (Phi) is 12.1. The second-order valence-corrected chi connectivity index (χ2v) is 15.0. The minimum Gasteiger partial charge on any atom is -0.463 e. The van der Waals surface area contributed by atoms with Crippen LogP contribution in [0.2, 0.25) is 0 Å². The van der Waals surface area contributed by atoms with Gasteiger partial charge in [-0.3, -0.25) is 14.5 Å². The summed E-state index contributed by atoms with van der Waals surface area (Å²) in [6, 6.07) is 15.5. The van der Waals surface area contributed by atoms with Crippen molar-refractivity contribution >= 4 is 17.4 Å². The molecule has 0 bridgehead atoms. The molecular formula is C38H57N3O7. The summed E-state index contributed by atoms with van der Waals surface area (Å²) in [4.78, 5) is 32.2. The van der Waals surface area contributed by atoms with Crippen LogP contribution in [0.3, 0.4) is 0 Å². The zero-order valence-corrected chi connectivity index (χ0v) is 30.4. The number of methoxy groups -OCH3 is 1. The molecule has 48 heavy (non-hydrogen) atoms. The molecule has 1 unspecified atom stereocenters. The number of nitrogens with zero attached hydrogens (tertiary/aromatic N) is 2. The number of benzene rings is 2. The van der Waals surface area contributed by atoms with Crippen LogP contribution in [0.5, 0.6) is 0 Å². The molecule has 10 nitrogen and oxygen atoms in total. The van der Waals surface area contributed by atoms with Gasteiger partial charge in [0.2, 0.25) is 0 Å². The normalized spacial score (nSPS) is 34.2. The van der Waals surface area contributed by atoms with Gasteiger partial charge in [0.25, 0.3) is 0 Å². The Morgan fingerprint density at radius 2 is 1.69 bits per heavy atom. The van der Waals surface area contributed by atoms with Gasteiger partial charge in [-0.05, 0) is 96.4 Å². The Morgan fingerprint density at radius 3 is 2.29 bits per heavy atom. The van der Waals surface area contributed by atoms with Crippen LogP contribution in [0.15, 0.2) is 48.5 Å². The van der Waals surface area contributed by atoms with Crippen molar-refractivity contribution in [3.05, 3.63) is 54.1 Å². The Hall–Kier alpha value is -2.86. The van der Waals surface area contributed by atoms with Crippen molar-refractivity contribution < 1.29 is 33.6 Å². The highest BCUT2D eigenvalue weighted by Gasteiger charge is 2.51. The monoisotopic (exact) mass is 667 g/mol. The van der Waals surface area contributed by atoms with Crippen molar-refractivity contribution in [3.63, 3.8) is 0 Å². The van der Waals surface area contributed by atoms with Crippen LogP contribution in [0, 0.1) is 17.3 Å². The standard InChI is InChI=1S/C38H57N3O7/c1-23-20-38(6,45-10)34(48-35-32(42)30(40(7)8)18-24(2)47-35)25(3)33(43)37(4,5)36(44)46-22-31(41(9)21-23)27-16-14-26(15-17-27)28-12-11-13-29(39)19-28/h11-17,19,23-25,30-32,34-35,42H,18,20-22,39H2,1-10H3/t23-,24-,25+,30?,31+,32-,34-,35+,38-/m1/s1. The molecule has 2 saturated heterocycles. The minimum absolute atomic E-state index is 0.0810. The summed E-state index contributed by atoms with van der Waals surface area (Å²) >= 11 is 0. The first-order valence-corrected chi connectivity index (χ1v) is 17.1. The van der Waals surface area contributed by atoms with E-state index in [0.717, 1.165) is 16.7 Å². The molecular weight excluding hydrogens is 610 g/mol. The van der Waals surface area contributed by atoms with Crippen LogP contribution >= 0.6 is 0 Å². The van der Waals surface area contributed by atoms with Crippen molar-refractivity contribution in [1.29, 1.82) is 0 Å². The van der Waals surface area contributed by atoms with E-state index in [1.54, 1.807) is 27.9 Å². The maximum Gasteiger partial charge on any atom is 0.319 e. The number of nitrogens with two attached hydrogens (primary N) is 1. The minimum atomic E-state index is -1.47. The second-order valence-electron chi connectivity index (χ2n) is 15.0. The van der Waals surface area contributed by atoms with E-state index in [9.17, 15) is 14.7 Å². The highest BCUT2D eigenvalue weighted by molar-refractivity contribution is 6.04. The Bertz CT molecular complexity index is 1400. The molecule has 2 aromatic rings. The predicted molar refractivity (Wildman–Crippen MR) is 187 cm³/mol. The lowest BCUT2D eigenvalue weighted by Crippen LogP contribution is -2.59. The third-order valence-corrected chi connectivity index (χ3v) is 10.4. The molecule has 0 spiro atoms. The third-order valence-electron chi connectivity index (χ3n) is 10.4. The Morgan fingerprint density at radius 1 is 1.02 bits per heavy atom. The first-order valence-electron chi connectivity index (χ1n) is 17.1. The summed E-state index contributed by atoms with van der Waals surface area (Å²) in [5.74, 6) is -1.64. The fraction of sp³-hybridized carbons (Fsp3) is 0.632. The molecule has 4 rings (SSSR count). The lowest BCUT2D eigenvalue weighted by molar-refractivity contribution is -0.295. The predicted octanol–water partition coefficient (Wildman–Crippen LogP) is 4.94. The van der Waals surface area contributed by atoms with Crippen LogP contribution in [0.25, 0.3) is 11.1 Å². The highest BCUT2D eigenvalue weighted by atomic mass is 16.7. The fourth-order valence-corrected chi connectivity index (χ4v) is 7.52. The molecule has 0 amide bonds. The van der Waals surface area contributed by atoms with Gasteiger partial charge in [-0.2, -0.15) is 0 Å². The Balaban J connectivity index is 1.68. The average Bonchev–Trinajstić information content (AvgIpc) is 3.03. The van der Waals surface area contributed by atoms with Gasteiger partial charge in [-0.15, -0.1) is 0 Å². The van der Waals surface area contributed by atoms with Gasteiger partial charge in [0.05, 0.1) is 23.9 Å². The van der Waals surface area contributed by atoms with Crippen LogP contribution in [0.4, 0.5) is 5.69 Å². The number of anilines is 1. The molecule has 2 aromatic carbocycles. The quantitative estimate of drug-likeness (QED) is 0.249. The number of Topliss-reactive ketones (excluding diaryl/α,β-unsaturated/α-hetero) is 1. The lowest BCUT2D eigenvalue weighted by atomic mass is 9.74. The van der Waals surface area contributed by atoms with E-state index in [1.807, 2.05) is 76.3 Å². The first kappa shape index (κ1) is 38.0. The van der Waals surface area contributed by atoms with E-state index in [-0.39, 0.29) is 36.5 Å². The van der Waals surface area contributed by atoms with Crippen LogP contribution in [0.1, 0.15) is 66.0 Å². The lowest BCUT2D eigenvalue weighted by Gasteiger charge is -2.47. The summed E-state index contributed by atoms with van der Waals surface area (Å²) in [7, 11) is 7.48. The van der Waals surface area contributed by atoms with E-state index in [1.165, 1.54) is 0 Å². The summed E-state index contributed by atoms with van der Waals surface area (Å²) in [6.07, 6.45) is -1.75. The number of hydrogen-bond donors (Lipinski definition) is 2. The summed E-state index contributed by atoms with van der Waals surface area (Å²) in [5, 5.41) is 11.3. The SMILES string of the molecule is CO[C@]1(C)C[C@@H](C)CN(C)[C@H](c2ccc(-c3cccc(N)c3)cc2)COC(=O)C(C)(C)C(=O)[C@H](C)[C@H]1O[C@@H]1O[C@H](C)CC(N(C)C)[C@H]1O.